The van der Waals surface area contributed by atoms with Crippen LogP contribution in [0.15, 0.2) is 41.2 Å². The molecule has 0 fully saturated rings. The zero-order valence-electron chi connectivity index (χ0n) is 14.7. The van der Waals surface area contributed by atoms with Gasteiger partial charge in [-0.2, -0.15) is 8.42 Å². The summed E-state index contributed by atoms with van der Waals surface area (Å²) in [5.41, 5.74) is 0.326. The van der Waals surface area contributed by atoms with Gasteiger partial charge in [0.05, 0.1) is 13.2 Å². The first-order chi connectivity index (χ1) is 11.0. The molecule has 0 radical (unpaired) electrons. The molecule has 0 heterocycles. The first-order valence-electron chi connectivity index (χ1n) is 7.60. The second-order valence-corrected chi connectivity index (χ2v) is 9.60. The van der Waals surface area contributed by atoms with E-state index in [1.54, 1.807) is 26.0 Å². The summed E-state index contributed by atoms with van der Waals surface area (Å²) < 4.78 is 52.1. The van der Waals surface area contributed by atoms with Crippen LogP contribution in [-0.2, 0) is 33.3 Å². The van der Waals surface area contributed by atoms with Gasteiger partial charge in [-0.05, 0) is 43.5 Å². The van der Waals surface area contributed by atoms with Crippen LogP contribution in [0.4, 0.5) is 0 Å². The Kier molecular flexibility index (Phi) is 6.82. The molecule has 0 aromatic heterocycles. The van der Waals surface area contributed by atoms with Gasteiger partial charge in [0.2, 0.25) is 5.50 Å². The lowest BCUT2D eigenvalue weighted by Gasteiger charge is -2.20. The van der Waals surface area contributed by atoms with Gasteiger partial charge in [0, 0.05) is 0 Å². The van der Waals surface area contributed by atoms with Gasteiger partial charge in [0.25, 0.3) is 0 Å². The lowest BCUT2D eigenvalue weighted by molar-refractivity contribution is 0.214. The number of rotatable bonds is 8. The molecule has 0 atom stereocenters. The van der Waals surface area contributed by atoms with E-state index in [2.05, 4.69) is 6.58 Å². The molecule has 0 N–H and O–H groups in total. The van der Waals surface area contributed by atoms with Crippen molar-refractivity contribution in [1.82, 2.24) is 0 Å². The highest BCUT2D eigenvalue weighted by atomic mass is 32.2. The monoisotopic (exact) mass is 376 g/mol. The Morgan fingerprint density at radius 3 is 1.92 bits per heavy atom. The first-order valence-corrected chi connectivity index (χ1v) is 10.5. The van der Waals surface area contributed by atoms with E-state index in [9.17, 15) is 13.0 Å². The molecule has 0 saturated carbocycles. The summed E-state index contributed by atoms with van der Waals surface area (Å²) in [5, 5.41) is 0. The van der Waals surface area contributed by atoms with Gasteiger partial charge in [0.15, 0.2) is 0 Å². The van der Waals surface area contributed by atoms with E-state index in [1.807, 2.05) is 20.8 Å². The average molecular weight is 376 g/mol. The maximum absolute atomic E-state index is 12.5. The van der Waals surface area contributed by atoms with Crippen LogP contribution in [0.25, 0.3) is 0 Å². The van der Waals surface area contributed by atoms with Crippen molar-refractivity contribution in [2.75, 3.05) is 13.2 Å². The second kappa shape index (κ2) is 7.83. The maximum Gasteiger partial charge on any atom is 0.396 e. The number of benzene rings is 1. The molecule has 6 nitrogen and oxygen atoms in total. The van der Waals surface area contributed by atoms with Gasteiger partial charge in [-0.3, -0.25) is 4.57 Å². The topological polar surface area (TPSA) is 78.9 Å². The van der Waals surface area contributed by atoms with Crippen LogP contribution in [0.5, 0.6) is 0 Å². The first kappa shape index (κ1) is 20.9. The zero-order chi connectivity index (χ0) is 18.6. The highest BCUT2D eigenvalue weighted by molar-refractivity contribution is 7.87. The Hall–Kier alpha value is -1.14. The highest BCUT2D eigenvalue weighted by Crippen LogP contribution is 2.56. The predicted molar refractivity (Wildman–Crippen MR) is 93.4 cm³/mol. The number of hydrogen-bond acceptors (Lipinski definition) is 6. The lowest BCUT2D eigenvalue weighted by atomic mass is 9.87. The fourth-order valence-corrected chi connectivity index (χ4v) is 4.38. The quantitative estimate of drug-likeness (QED) is 0.379. The van der Waals surface area contributed by atoms with Crippen molar-refractivity contribution in [3.8, 4) is 0 Å². The lowest BCUT2D eigenvalue weighted by Crippen LogP contribution is -2.12. The van der Waals surface area contributed by atoms with Gasteiger partial charge in [0.1, 0.15) is 4.90 Å². The smallest absolute Gasteiger partial charge is 0.371 e. The van der Waals surface area contributed by atoms with Gasteiger partial charge in [-0.1, -0.05) is 32.9 Å². The summed E-state index contributed by atoms with van der Waals surface area (Å²) in [6.45, 7) is 12.8. The molecule has 0 aliphatic carbocycles. The molecule has 8 heteroatoms. The van der Waals surface area contributed by atoms with Crippen molar-refractivity contribution in [3.63, 3.8) is 0 Å². The van der Waals surface area contributed by atoms with Crippen LogP contribution in [0.1, 0.15) is 40.2 Å². The highest BCUT2D eigenvalue weighted by Gasteiger charge is 2.34. The molecule has 0 aliphatic heterocycles. The molecule has 0 amide bonds. The summed E-state index contributed by atoms with van der Waals surface area (Å²) in [6, 6.07) is 6.30. The van der Waals surface area contributed by atoms with Gasteiger partial charge in [-0.25, -0.2) is 0 Å². The molecule has 1 aromatic rings. The third-order valence-corrected chi connectivity index (χ3v) is 6.41. The van der Waals surface area contributed by atoms with E-state index in [-0.39, 0.29) is 23.5 Å². The van der Waals surface area contributed by atoms with Gasteiger partial charge < -0.3 is 13.2 Å². The minimum Gasteiger partial charge on any atom is -0.371 e. The third kappa shape index (κ3) is 5.18. The van der Waals surface area contributed by atoms with Crippen molar-refractivity contribution in [1.29, 1.82) is 0 Å². The van der Waals surface area contributed by atoms with Crippen LogP contribution >= 0.6 is 7.60 Å². The molecule has 0 unspecified atom stereocenters. The Morgan fingerprint density at radius 2 is 1.54 bits per heavy atom. The molecule has 0 saturated heterocycles. The Balaban J connectivity index is 3.04. The van der Waals surface area contributed by atoms with Crippen molar-refractivity contribution in [3.05, 3.63) is 41.9 Å². The summed E-state index contributed by atoms with van der Waals surface area (Å²) in [4.78, 5) is -0.0591. The minimum absolute atomic E-state index is 0.0591. The normalized spacial score (nSPS) is 12.9. The van der Waals surface area contributed by atoms with Crippen LogP contribution in [0.3, 0.4) is 0 Å². The van der Waals surface area contributed by atoms with Crippen LogP contribution in [0, 0.1) is 0 Å². The molecular formula is C16H25O6PS. The maximum atomic E-state index is 12.5. The SMILES string of the molecule is C=C(OS(=O)(=O)c1ccc(C(C)(C)C)cc1)P(=O)(OCC)OCC. The Morgan fingerprint density at radius 1 is 1.08 bits per heavy atom. The molecule has 1 rings (SSSR count). The van der Waals surface area contributed by atoms with E-state index in [0.717, 1.165) is 5.56 Å². The fraction of sp³-hybridized carbons (Fsp3) is 0.500. The molecule has 24 heavy (non-hydrogen) atoms. The Bertz CT molecular complexity index is 706. The molecule has 0 bridgehead atoms. The minimum atomic E-state index is -4.17. The summed E-state index contributed by atoms with van der Waals surface area (Å²) >= 11 is 0. The second-order valence-electron chi connectivity index (χ2n) is 6.04. The molecule has 0 aliphatic rings. The van der Waals surface area contributed by atoms with Crippen molar-refractivity contribution in [2.24, 2.45) is 0 Å². The molecule has 0 spiro atoms. The molecule has 136 valence electrons. The predicted octanol–water partition coefficient (Wildman–Crippen LogP) is 4.43. The largest absolute Gasteiger partial charge is 0.396 e. The van der Waals surface area contributed by atoms with E-state index in [0.29, 0.717) is 0 Å². The van der Waals surface area contributed by atoms with Gasteiger partial charge in [-0.15, -0.1) is 0 Å². The average Bonchev–Trinajstić information content (AvgIpc) is 2.46. The molecular weight excluding hydrogens is 351 g/mol. The van der Waals surface area contributed by atoms with Crippen LogP contribution < -0.4 is 0 Å². The van der Waals surface area contributed by atoms with Crippen LogP contribution in [0.2, 0.25) is 0 Å². The standard InChI is InChI=1S/C16H25O6PS/c1-7-20-23(17,21-8-2)13(3)22-24(18,19)15-11-9-14(10-12-15)16(4,5)6/h9-12H,3,7-8H2,1-2,4-6H3. The van der Waals surface area contributed by atoms with Gasteiger partial charge >= 0.3 is 17.7 Å². The zero-order valence-corrected chi connectivity index (χ0v) is 16.4. The summed E-state index contributed by atoms with van der Waals surface area (Å²) in [6.07, 6.45) is 0. The summed E-state index contributed by atoms with van der Waals surface area (Å²) in [5.74, 6) is 0. The van der Waals surface area contributed by atoms with E-state index in [1.165, 1.54) is 12.1 Å². The van der Waals surface area contributed by atoms with Crippen molar-refractivity contribution < 1.29 is 26.2 Å². The van der Waals surface area contributed by atoms with E-state index in [4.69, 9.17) is 13.2 Å². The molecule has 1 aromatic carbocycles. The summed E-state index contributed by atoms with van der Waals surface area (Å²) in [7, 11) is -8.03. The van der Waals surface area contributed by atoms with Crippen LogP contribution in [-0.4, -0.2) is 21.6 Å². The third-order valence-electron chi connectivity index (χ3n) is 3.12. The van der Waals surface area contributed by atoms with E-state index < -0.39 is 23.2 Å². The fourth-order valence-electron chi connectivity index (χ4n) is 1.86. The Labute approximate surface area is 144 Å². The number of hydrogen-bond donors (Lipinski definition) is 0. The van der Waals surface area contributed by atoms with E-state index >= 15 is 0 Å². The van der Waals surface area contributed by atoms with Crippen molar-refractivity contribution >= 4 is 17.7 Å². The van der Waals surface area contributed by atoms with Crippen molar-refractivity contribution in [2.45, 2.75) is 44.9 Å².